The number of likely N-dealkylation sites (N-methyl/N-ethyl adjacent to an activating group) is 1. The van der Waals surface area contributed by atoms with Crippen LogP contribution in [0.3, 0.4) is 0 Å². The molecule has 2 aromatic heterocycles. The van der Waals surface area contributed by atoms with Gasteiger partial charge >= 0.3 is 0 Å². The lowest BCUT2D eigenvalue weighted by atomic mass is 10.1. The Balaban J connectivity index is 1.67. The van der Waals surface area contributed by atoms with Crippen LogP contribution in [0.4, 0.5) is 11.5 Å². The Morgan fingerprint density at radius 1 is 1.00 bits per heavy atom. The van der Waals surface area contributed by atoms with Crippen molar-refractivity contribution < 1.29 is 0 Å². The monoisotopic (exact) mass is 370 g/mol. The van der Waals surface area contributed by atoms with Crippen LogP contribution in [-0.4, -0.2) is 39.2 Å². The first-order valence-electron chi connectivity index (χ1n) is 9.52. The number of hydrogen-bond donors (Lipinski definition) is 0. The minimum absolute atomic E-state index is 0.302. The normalized spacial score (nSPS) is 16.9. The molecule has 0 spiro atoms. The van der Waals surface area contributed by atoms with Gasteiger partial charge in [-0.25, -0.2) is 4.98 Å². The number of benzene rings is 2. The molecule has 0 fully saturated rings. The molecule has 1 atom stereocenters. The molecule has 5 rings (SSSR count). The Morgan fingerprint density at radius 3 is 2.64 bits per heavy atom. The first kappa shape index (κ1) is 16.7. The number of anilines is 2. The topological polar surface area (TPSA) is 49.6 Å². The Bertz CT molecular complexity index is 1120. The molecule has 0 N–H and O–H groups in total. The van der Waals surface area contributed by atoms with Crippen molar-refractivity contribution in [3.63, 3.8) is 0 Å². The predicted octanol–water partition coefficient (Wildman–Crippen LogP) is 3.64. The zero-order valence-corrected chi connectivity index (χ0v) is 16.0. The van der Waals surface area contributed by atoms with E-state index >= 15 is 0 Å². The van der Waals surface area contributed by atoms with Crippen molar-refractivity contribution in [3.05, 3.63) is 72.6 Å². The van der Waals surface area contributed by atoms with E-state index in [2.05, 4.69) is 76.3 Å². The molecule has 0 saturated carbocycles. The molecule has 6 nitrogen and oxygen atoms in total. The Morgan fingerprint density at radius 2 is 1.79 bits per heavy atom. The molecule has 1 aliphatic rings. The minimum Gasteiger partial charge on any atom is -0.372 e. The molecule has 140 valence electrons. The fraction of sp³-hybridized carbons (Fsp3) is 0.227. The maximum absolute atomic E-state index is 4.72. The van der Waals surface area contributed by atoms with Gasteiger partial charge in [-0.2, -0.15) is 14.6 Å². The molecular weight excluding hydrogens is 348 g/mol. The van der Waals surface area contributed by atoms with Crippen molar-refractivity contribution in [2.24, 2.45) is 0 Å². The second-order valence-electron chi connectivity index (χ2n) is 7.32. The van der Waals surface area contributed by atoms with Crippen LogP contribution in [0, 0.1) is 0 Å². The van der Waals surface area contributed by atoms with E-state index in [-0.39, 0.29) is 0 Å². The van der Waals surface area contributed by atoms with Crippen LogP contribution >= 0.6 is 0 Å². The summed E-state index contributed by atoms with van der Waals surface area (Å²) in [7, 11) is 2.16. The third kappa shape index (κ3) is 2.78. The van der Waals surface area contributed by atoms with Gasteiger partial charge < -0.3 is 9.80 Å². The Labute approximate surface area is 164 Å². The molecule has 0 amide bonds. The van der Waals surface area contributed by atoms with Crippen LogP contribution in [-0.2, 0) is 6.54 Å². The van der Waals surface area contributed by atoms with Gasteiger partial charge in [-0.15, -0.1) is 0 Å². The molecule has 0 aliphatic carbocycles. The summed E-state index contributed by atoms with van der Waals surface area (Å²) < 4.78 is 1.84. The maximum Gasteiger partial charge on any atom is 0.254 e. The second kappa shape index (κ2) is 6.64. The zero-order chi connectivity index (χ0) is 19.1. The van der Waals surface area contributed by atoms with Gasteiger partial charge in [0.15, 0.2) is 0 Å². The lowest BCUT2D eigenvalue weighted by Crippen LogP contribution is -2.39. The minimum atomic E-state index is 0.302. The highest BCUT2D eigenvalue weighted by Crippen LogP contribution is 2.31. The second-order valence-corrected chi connectivity index (χ2v) is 7.32. The van der Waals surface area contributed by atoms with Crippen molar-refractivity contribution >= 4 is 17.3 Å². The standard InChI is InChI=1S/C22H22N6/c1-16-13-26(2)20-11-7-6-10-18(20)14-27(16)21-12-19(17-8-4-3-5-9-17)25-22-23-15-24-28(21)22/h3-12,15-16H,13-14H2,1-2H3. The fourth-order valence-corrected chi connectivity index (χ4v) is 4.01. The van der Waals surface area contributed by atoms with E-state index in [4.69, 9.17) is 4.98 Å². The van der Waals surface area contributed by atoms with Crippen molar-refractivity contribution in [3.8, 4) is 11.3 Å². The van der Waals surface area contributed by atoms with Crippen LogP contribution in [0.25, 0.3) is 17.0 Å². The molecule has 1 unspecified atom stereocenters. The molecule has 6 heteroatoms. The van der Waals surface area contributed by atoms with Gasteiger partial charge in [0, 0.05) is 43.5 Å². The quantitative estimate of drug-likeness (QED) is 0.539. The van der Waals surface area contributed by atoms with E-state index in [1.165, 1.54) is 11.3 Å². The van der Waals surface area contributed by atoms with E-state index in [9.17, 15) is 0 Å². The van der Waals surface area contributed by atoms with Gasteiger partial charge in [-0.3, -0.25) is 0 Å². The van der Waals surface area contributed by atoms with Gasteiger partial charge in [0.05, 0.1) is 5.69 Å². The lowest BCUT2D eigenvalue weighted by molar-refractivity contribution is 0.626. The summed E-state index contributed by atoms with van der Waals surface area (Å²) >= 11 is 0. The molecule has 0 radical (unpaired) electrons. The number of para-hydroxylation sites is 1. The van der Waals surface area contributed by atoms with E-state index in [1.807, 2.05) is 22.7 Å². The number of rotatable bonds is 2. The Kier molecular flexibility index (Phi) is 3.97. The molecule has 4 aromatic rings. The first-order valence-corrected chi connectivity index (χ1v) is 9.52. The molecule has 28 heavy (non-hydrogen) atoms. The molecule has 1 aliphatic heterocycles. The molecular formula is C22H22N6. The highest BCUT2D eigenvalue weighted by molar-refractivity contribution is 5.67. The summed E-state index contributed by atoms with van der Waals surface area (Å²) in [5.74, 6) is 1.63. The smallest absolute Gasteiger partial charge is 0.254 e. The lowest BCUT2D eigenvalue weighted by Gasteiger charge is -2.30. The SMILES string of the molecule is CC1CN(C)c2ccccc2CN1c1cc(-c2ccccc2)nc2ncnn12. The van der Waals surface area contributed by atoms with E-state index < -0.39 is 0 Å². The van der Waals surface area contributed by atoms with E-state index in [0.717, 1.165) is 30.2 Å². The zero-order valence-electron chi connectivity index (χ0n) is 16.0. The summed E-state index contributed by atoms with van der Waals surface area (Å²) in [5.41, 5.74) is 4.58. The van der Waals surface area contributed by atoms with Gasteiger partial charge in [0.2, 0.25) is 0 Å². The van der Waals surface area contributed by atoms with Crippen LogP contribution in [0.2, 0.25) is 0 Å². The summed E-state index contributed by atoms with van der Waals surface area (Å²) in [6.07, 6.45) is 1.57. The van der Waals surface area contributed by atoms with Gasteiger partial charge in [-0.1, -0.05) is 48.5 Å². The van der Waals surface area contributed by atoms with Crippen molar-refractivity contribution in [1.82, 2.24) is 19.6 Å². The van der Waals surface area contributed by atoms with Crippen molar-refractivity contribution in [2.45, 2.75) is 19.5 Å². The first-order chi connectivity index (χ1) is 13.7. The third-order valence-electron chi connectivity index (χ3n) is 5.41. The van der Waals surface area contributed by atoms with Crippen molar-refractivity contribution in [2.75, 3.05) is 23.4 Å². The van der Waals surface area contributed by atoms with E-state index in [0.29, 0.717) is 11.8 Å². The molecule has 0 bridgehead atoms. The van der Waals surface area contributed by atoms with Crippen LogP contribution in [0.1, 0.15) is 12.5 Å². The fourth-order valence-electron chi connectivity index (χ4n) is 4.01. The molecule has 0 saturated heterocycles. The number of hydrogen-bond acceptors (Lipinski definition) is 5. The number of nitrogens with zero attached hydrogens (tertiary/aromatic N) is 6. The van der Waals surface area contributed by atoms with Gasteiger partial charge in [-0.05, 0) is 18.6 Å². The summed E-state index contributed by atoms with van der Waals surface area (Å²) in [6, 6.07) is 21.3. The molecule has 3 heterocycles. The highest BCUT2D eigenvalue weighted by Gasteiger charge is 2.26. The summed E-state index contributed by atoms with van der Waals surface area (Å²) in [5, 5.41) is 4.46. The maximum atomic E-state index is 4.72. The number of aromatic nitrogens is 4. The highest BCUT2D eigenvalue weighted by atomic mass is 15.4. The average Bonchev–Trinajstić information content (AvgIpc) is 3.16. The summed E-state index contributed by atoms with van der Waals surface area (Å²) in [6.45, 7) is 4.00. The third-order valence-corrected chi connectivity index (χ3v) is 5.41. The van der Waals surface area contributed by atoms with Crippen molar-refractivity contribution in [1.29, 1.82) is 0 Å². The summed E-state index contributed by atoms with van der Waals surface area (Å²) in [4.78, 5) is 13.8. The van der Waals surface area contributed by atoms with Crippen LogP contribution in [0.5, 0.6) is 0 Å². The number of fused-ring (bicyclic) bond motifs is 2. The largest absolute Gasteiger partial charge is 0.372 e. The average molecular weight is 370 g/mol. The predicted molar refractivity (Wildman–Crippen MR) is 112 cm³/mol. The van der Waals surface area contributed by atoms with Crippen LogP contribution < -0.4 is 9.80 Å². The Hall–Kier alpha value is -3.41. The van der Waals surface area contributed by atoms with E-state index in [1.54, 1.807) is 6.33 Å². The van der Waals surface area contributed by atoms with Gasteiger partial charge in [0.1, 0.15) is 12.1 Å². The molecule has 2 aromatic carbocycles. The van der Waals surface area contributed by atoms with Gasteiger partial charge in [0.25, 0.3) is 5.78 Å². The van der Waals surface area contributed by atoms with Crippen LogP contribution in [0.15, 0.2) is 67.0 Å².